The van der Waals surface area contributed by atoms with Gasteiger partial charge in [-0.3, -0.25) is 19.8 Å². The number of ether oxygens (including phenoxy) is 4. The number of nitrogens with zero attached hydrogens (tertiary/aromatic N) is 5. The van der Waals surface area contributed by atoms with E-state index in [1.807, 2.05) is 31.2 Å². The molecular weight excluding hydrogens is 965 g/mol. The molecule has 2 aliphatic carbocycles. The number of aryl methyl sites for hydroxylation is 1. The maximum atomic E-state index is 14.9. The number of hydrogen-bond donors (Lipinski definition) is 4. The summed E-state index contributed by atoms with van der Waals surface area (Å²) >= 11 is 0. The minimum atomic E-state index is -4.72. The smallest absolute Gasteiger partial charge is 0.297 e. The number of hydrogen-bond acceptors (Lipinski definition) is 15. The van der Waals surface area contributed by atoms with Gasteiger partial charge in [0.1, 0.15) is 24.0 Å². The number of aromatic nitrogens is 2. The number of benzene rings is 3. The first-order valence-corrected chi connectivity index (χ1v) is 27.8. The number of carbonyl (C=O) groups is 1. The Morgan fingerprint density at radius 2 is 1.70 bits per heavy atom. The quantitative estimate of drug-likeness (QED) is 0.0810. The fraction of sp³-hybridized carbons (Fsp3) is 0.527. The summed E-state index contributed by atoms with van der Waals surface area (Å²) in [5.74, 6) is -0.445. The van der Waals surface area contributed by atoms with E-state index in [1.54, 1.807) is 12.3 Å². The van der Waals surface area contributed by atoms with Gasteiger partial charge < -0.3 is 44.2 Å². The predicted molar refractivity (Wildman–Crippen MR) is 279 cm³/mol. The van der Waals surface area contributed by atoms with Gasteiger partial charge in [0.25, 0.3) is 21.6 Å². The van der Waals surface area contributed by atoms with E-state index in [1.165, 1.54) is 17.2 Å². The lowest BCUT2D eigenvalue weighted by Crippen LogP contribution is -2.68. The number of pyridine rings is 1. The number of sulfonamides is 1. The Balaban J connectivity index is 0.850. The van der Waals surface area contributed by atoms with Gasteiger partial charge in [-0.1, -0.05) is 38.1 Å². The van der Waals surface area contributed by atoms with Crippen LogP contribution in [-0.2, 0) is 19.5 Å². The molecule has 2 saturated carbocycles. The number of nitrogens with one attached hydrogen (secondary N) is 3. The molecule has 2 aromatic heterocycles. The van der Waals surface area contributed by atoms with Crippen molar-refractivity contribution in [3.8, 4) is 11.6 Å². The Labute approximate surface area is 431 Å². The molecule has 12 rings (SSSR count). The molecular formula is C55H66N8O10S. The van der Waals surface area contributed by atoms with Gasteiger partial charge in [-0.05, 0) is 123 Å². The molecule has 5 fully saturated rings. The third-order valence-electron chi connectivity index (χ3n) is 18.3. The highest BCUT2D eigenvalue weighted by molar-refractivity contribution is 7.90. The Morgan fingerprint density at radius 3 is 2.47 bits per heavy atom. The third-order valence-corrected chi connectivity index (χ3v) is 19.6. The molecule has 5 aromatic rings. The molecule has 7 aliphatic rings. The van der Waals surface area contributed by atoms with E-state index in [0.29, 0.717) is 80.9 Å². The lowest BCUT2D eigenvalue weighted by atomic mass is 9.44. The molecule has 19 heteroatoms. The largest absolute Gasteiger partial charge is 0.489 e. The molecule has 0 bridgehead atoms. The van der Waals surface area contributed by atoms with E-state index in [4.69, 9.17) is 23.9 Å². The van der Waals surface area contributed by atoms with Gasteiger partial charge in [0.15, 0.2) is 11.4 Å². The van der Waals surface area contributed by atoms with Crippen LogP contribution in [0.15, 0.2) is 77.8 Å². The molecule has 5 aliphatic heterocycles. The fourth-order valence-corrected chi connectivity index (χ4v) is 14.7. The van der Waals surface area contributed by atoms with Gasteiger partial charge in [0, 0.05) is 61.7 Å². The minimum absolute atomic E-state index is 0.00635. The summed E-state index contributed by atoms with van der Waals surface area (Å²) in [6.45, 7) is 13.7. The Morgan fingerprint density at radius 1 is 0.919 bits per heavy atom. The number of aliphatic hydroxyl groups is 1. The maximum absolute atomic E-state index is 14.9. The molecule has 3 saturated heterocycles. The van der Waals surface area contributed by atoms with Crippen LogP contribution >= 0.6 is 0 Å². The van der Waals surface area contributed by atoms with Crippen molar-refractivity contribution in [3.05, 3.63) is 99.7 Å². The van der Waals surface area contributed by atoms with E-state index < -0.39 is 43.1 Å². The number of aromatic amines is 1. The van der Waals surface area contributed by atoms with Crippen LogP contribution in [0.2, 0.25) is 0 Å². The van der Waals surface area contributed by atoms with Crippen LogP contribution in [-0.4, -0.2) is 122 Å². The number of carbonyl (C=O) groups excluding carboxylic acids is 1. The van der Waals surface area contributed by atoms with E-state index >= 15 is 0 Å². The van der Waals surface area contributed by atoms with Crippen molar-refractivity contribution >= 4 is 55.4 Å². The Kier molecular flexibility index (Phi) is 12.2. The molecule has 392 valence electrons. The zero-order valence-electron chi connectivity index (χ0n) is 42.5. The topological polar surface area (TPSA) is 214 Å². The lowest BCUT2D eigenvalue weighted by Gasteiger charge is -2.68. The number of amides is 1. The number of nitro groups is 1. The van der Waals surface area contributed by atoms with Crippen LogP contribution in [0.1, 0.15) is 99.7 Å². The second-order valence-electron chi connectivity index (χ2n) is 22.7. The summed E-state index contributed by atoms with van der Waals surface area (Å²) in [6.07, 6.45) is 7.60. The Hall–Kier alpha value is -5.99. The number of anilines is 4. The Bertz CT molecular complexity index is 3130. The molecule has 1 amide bonds. The number of morpholine rings is 1. The number of H-pyrrole nitrogens is 1. The molecule has 74 heavy (non-hydrogen) atoms. The van der Waals surface area contributed by atoms with Crippen molar-refractivity contribution in [3.63, 3.8) is 0 Å². The van der Waals surface area contributed by atoms with E-state index in [2.05, 4.69) is 74.8 Å². The van der Waals surface area contributed by atoms with Crippen LogP contribution in [0.3, 0.4) is 0 Å². The molecule has 7 heterocycles. The highest BCUT2D eigenvalue weighted by Gasteiger charge is 2.62. The first-order valence-electron chi connectivity index (χ1n) is 26.3. The van der Waals surface area contributed by atoms with Gasteiger partial charge in [-0.25, -0.2) is 13.1 Å². The van der Waals surface area contributed by atoms with Crippen LogP contribution in [0.4, 0.5) is 28.4 Å². The summed E-state index contributed by atoms with van der Waals surface area (Å²) in [5.41, 5.74) is 4.39. The minimum Gasteiger partial charge on any atom is -0.489 e. The van der Waals surface area contributed by atoms with Crippen LogP contribution in [0.5, 0.6) is 11.6 Å². The van der Waals surface area contributed by atoms with Crippen molar-refractivity contribution in [2.24, 2.45) is 16.7 Å². The van der Waals surface area contributed by atoms with Crippen molar-refractivity contribution < 1.29 is 42.2 Å². The van der Waals surface area contributed by atoms with E-state index in [0.717, 1.165) is 62.6 Å². The predicted octanol–water partition coefficient (Wildman–Crippen LogP) is 8.16. The molecule has 18 nitrogen and oxygen atoms in total. The van der Waals surface area contributed by atoms with E-state index in [-0.39, 0.29) is 58.5 Å². The SMILES string of the molecule is Cc1ccccc1[C@@H]1COCCN1[C@H]1CC2(CCN(c3ccc(C(=O)NS(=O)(=O)c4cc5c(c([N+](=O)[O-])c4)N[C@H](C4CCC(C)(O)CC4)CO5)c(N4c5cc6cc[nH]c6nc5O[C@H]5COCC[C@@H]54)c3)CC2)C1(C)C. The first-order chi connectivity index (χ1) is 35.5. The zero-order valence-corrected chi connectivity index (χ0v) is 43.3. The number of rotatable bonds is 9. The normalized spacial score (nSPS) is 28.4. The van der Waals surface area contributed by atoms with Gasteiger partial charge >= 0.3 is 0 Å². The first kappa shape index (κ1) is 48.9. The van der Waals surface area contributed by atoms with Crippen LogP contribution in [0.25, 0.3) is 11.0 Å². The van der Waals surface area contributed by atoms with Gasteiger partial charge in [0.2, 0.25) is 5.88 Å². The highest BCUT2D eigenvalue weighted by Crippen LogP contribution is 2.64. The average molecular weight is 1030 g/mol. The molecule has 1 spiro atoms. The average Bonchev–Trinajstić information content (AvgIpc) is 3.86. The second kappa shape index (κ2) is 18.4. The van der Waals surface area contributed by atoms with Gasteiger partial charge in [0.05, 0.1) is 64.6 Å². The number of piperidine rings is 1. The summed E-state index contributed by atoms with van der Waals surface area (Å²) < 4.78 is 55.8. The second-order valence-corrected chi connectivity index (χ2v) is 24.4. The van der Waals surface area contributed by atoms with E-state index in [9.17, 15) is 28.4 Å². The van der Waals surface area contributed by atoms with Gasteiger partial charge in [-0.2, -0.15) is 4.98 Å². The van der Waals surface area contributed by atoms with Crippen molar-refractivity contribution in [1.82, 2.24) is 19.6 Å². The van der Waals surface area contributed by atoms with Crippen LogP contribution < -0.4 is 29.3 Å². The summed E-state index contributed by atoms with van der Waals surface area (Å²) in [7, 11) is -4.72. The number of nitro benzene ring substituents is 1. The van der Waals surface area contributed by atoms with Gasteiger partial charge in [-0.15, -0.1) is 0 Å². The molecule has 3 aromatic carbocycles. The highest BCUT2D eigenvalue weighted by atomic mass is 32.2. The lowest BCUT2D eigenvalue weighted by molar-refractivity contribution is -0.384. The fourth-order valence-electron chi connectivity index (χ4n) is 13.7. The summed E-state index contributed by atoms with van der Waals surface area (Å²) in [5, 5.41) is 27.3. The van der Waals surface area contributed by atoms with Crippen molar-refractivity contribution in [2.75, 3.05) is 67.8 Å². The molecule has 0 unspecified atom stereocenters. The van der Waals surface area contributed by atoms with Crippen LogP contribution in [0, 0.1) is 33.8 Å². The monoisotopic (exact) mass is 1030 g/mol. The molecule has 5 atom stereocenters. The molecule has 0 radical (unpaired) electrons. The summed E-state index contributed by atoms with van der Waals surface area (Å²) in [6, 6.07) is 20.4. The van der Waals surface area contributed by atoms with Crippen molar-refractivity contribution in [1.29, 1.82) is 0 Å². The summed E-state index contributed by atoms with van der Waals surface area (Å²) in [4.78, 5) is 41.6. The maximum Gasteiger partial charge on any atom is 0.297 e. The third kappa shape index (κ3) is 8.42. The zero-order chi connectivity index (χ0) is 51.3. The standard InChI is InChI=1S/C55H66N8O10S/c1-33-7-5-6-8-38(33)45-31-71-24-22-61(45)48-29-55(53(48,2)3)17-20-60(21-18-55)36-9-10-39(42(26-36)62-41-14-23-70-32-47(41)73-52-44(62)25-35-13-19-56-50(35)58-52)51(64)59-74(68,69)37-27-43(63(66)67)49-46(28-37)72-30-40(57-49)34-11-15-54(4,65)16-12-34/h5-10,13,19,25-28,34,40-41,45,47-48,57,65H,11-12,14-18,20-24,29-32H2,1-4H3,(H,56,58)(H,59,64)/t34?,40-,41-,45-,47-,48-,54?/m0/s1. The molecule has 4 N–H and O–H groups in total. The van der Waals surface area contributed by atoms with Crippen molar-refractivity contribution in [2.45, 2.75) is 120 Å². The number of fused-ring (bicyclic) bond motifs is 4.